The lowest BCUT2D eigenvalue weighted by molar-refractivity contribution is 0.135. The molecule has 3 rings (SSSR count). The molecule has 0 saturated heterocycles. The number of aromatic nitrogens is 1. The highest BCUT2D eigenvalue weighted by Gasteiger charge is 2.19. The van der Waals surface area contributed by atoms with Crippen LogP contribution in [0.15, 0.2) is 42.6 Å². The number of aryl methyl sites for hydroxylation is 2. The van der Waals surface area contributed by atoms with Gasteiger partial charge in [-0.05, 0) is 55.0 Å². The Morgan fingerprint density at radius 1 is 1.19 bits per heavy atom. The van der Waals surface area contributed by atoms with Crippen LogP contribution >= 0.6 is 0 Å². The van der Waals surface area contributed by atoms with E-state index in [2.05, 4.69) is 28.5 Å². The molecule has 0 fully saturated rings. The van der Waals surface area contributed by atoms with Crippen molar-refractivity contribution < 1.29 is 5.11 Å². The fourth-order valence-corrected chi connectivity index (χ4v) is 2.94. The molecule has 3 nitrogen and oxygen atoms in total. The van der Waals surface area contributed by atoms with Crippen LogP contribution in [0.4, 0.5) is 0 Å². The van der Waals surface area contributed by atoms with E-state index in [0.29, 0.717) is 6.54 Å². The zero-order chi connectivity index (χ0) is 14.7. The quantitative estimate of drug-likeness (QED) is 0.886. The number of pyridine rings is 1. The summed E-state index contributed by atoms with van der Waals surface area (Å²) in [6.45, 7) is 2.69. The second kappa shape index (κ2) is 6.37. The maximum absolute atomic E-state index is 10.5. The van der Waals surface area contributed by atoms with Crippen LogP contribution in [0.2, 0.25) is 0 Å². The molecule has 1 aliphatic carbocycles. The summed E-state index contributed by atoms with van der Waals surface area (Å²) in [6, 6.07) is 12.3. The molecule has 2 N–H and O–H groups in total. The van der Waals surface area contributed by atoms with Crippen molar-refractivity contribution in [3.05, 3.63) is 65.0 Å². The Balaban J connectivity index is 1.63. The number of aliphatic hydroxyl groups excluding tert-OH is 1. The van der Waals surface area contributed by atoms with Crippen molar-refractivity contribution in [3.8, 4) is 0 Å². The van der Waals surface area contributed by atoms with Crippen LogP contribution in [0.25, 0.3) is 0 Å². The molecule has 0 saturated carbocycles. The third-order valence-corrected chi connectivity index (χ3v) is 4.27. The van der Waals surface area contributed by atoms with Crippen LogP contribution in [-0.2, 0) is 19.4 Å². The van der Waals surface area contributed by atoms with E-state index < -0.39 is 6.10 Å². The lowest BCUT2D eigenvalue weighted by Crippen LogP contribution is -2.32. The van der Waals surface area contributed by atoms with Gasteiger partial charge in [-0.1, -0.05) is 24.3 Å². The van der Waals surface area contributed by atoms with Gasteiger partial charge < -0.3 is 10.4 Å². The highest BCUT2D eigenvalue weighted by Crippen LogP contribution is 2.26. The molecule has 0 amide bonds. The first-order valence-electron chi connectivity index (χ1n) is 7.67. The van der Waals surface area contributed by atoms with Crippen molar-refractivity contribution in [2.24, 2.45) is 0 Å². The number of hydrogen-bond acceptors (Lipinski definition) is 3. The van der Waals surface area contributed by atoms with Crippen LogP contribution in [0.1, 0.15) is 41.8 Å². The molecule has 2 unspecified atom stereocenters. The van der Waals surface area contributed by atoms with E-state index in [4.69, 9.17) is 0 Å². The van der Waals surface area contributed by atoms with Gasteiger partial charge >= 0.3 is 0 Å². The molecule has 0 bridgehead atoms. The number of rotatable bonds is 5. The maximum atomic E-state index is 10.5. The minimum Gasteiger partial charge on any atom is -0.387 e. The Hall–Kier alpha value is -1.71. The largest absolute Gasteiger partial charge is 0.387 e. The molecule has 2 aromatic rings. The maximum Gasteiger partial charge on any atom is 0.0940 e. The monoisotopic (exact) mass is 282 g/mol. The molecular formula is C18H22N2O. The Morgan fingerprint density at radius 3 is 2.86 bits per heavy atom. The number of hydrogen-bond donors (Lipinski definition) is 2. The van der Waals surface area contributed by atoms with Crippen molar-refractivity contribution in [1.29, 1.82) is 0 Å². The van der Waals surface area contributed by atoms with Gasteiger partial charge in [-0.15, -0.1) is 0 Å². The van der Waals surface area contributed by atoms with Crippen molar-refractivity contribution in [1.82, 2.24) is 10.3 Å². The highest BCUT2D eigenvalue weighted by molar-refractivity contribution is 5.36. The van der Waals surface area contributed by atoms with Crippen LogP contribution in [0.3, 0.4) is 0 Å². The van der Waals surface area contributed by atoms with Crippen molar-refractivity contribution >= 4 is 0 Å². The Morgan fingerprint density at radius 2 is 2.05 bits per heavy atom. The van der Waals surface area contributed by atoms with Gasteiger partial charge in [0.2, 0.25) is 0 Å². The Bertz CT molecular complexity index is 597. The summed E-state index contributed by atoms with van der Waals surface area (Å²) in [5.74, 6) is 0. The summed E-state index contributed by atoms with van der Waals surface area (Å²) < 4.78 is 0. The molecule has 0 spiro atoms. The number of benzene rings is 1. The predicted octanol–water partition coefficient (Wildman–Crippen LogP) is 2.78. The van der Waals surface area contributed by atoms with Gasteiger partial charge in [0.15, 0.2) is 0 Å². The molecule has 110 valence electrons. The average molecular weight is 282 g/mol. The summed E-state index contributed by atoms with van der Waals surface area (Å²) in [6.07, 6.45) is 4.87. The molecule has 0 radical (unpaired) electrons. The third kappa shape index (κ3) is 3.31. The van der Waals surface area contributed by atoms with E-state index in [1.54, 1.807) is 6.20 Å². The molecule has 21 heavy (non-hydrogen) atoms. The first kappa shape index (κ1) is 14.2. The fraction of sp³-hybridized carbons (Fsp3) is 0.389. The topological polar surface area (TPSA) is 45.2 Å². The Kier molecular flexibility index (Phi) is 4.32. The molecule has 1 aromatic heterocycles. The average Bonchev–Trinajstić information content (AvgIpc) is 3.00. The van der Waals surface area contributed by atoms with Gasteiger partial charge in [-0.2, -0.15) is 0 Å². The van der Waals surface area contributed by atoms with Crippen LogP contribution in [0.5, 0.6) is 0 Å². The third-order valence-electron chi connectivity index (χ3n) is 4.27. The number of nitrogens with zero attached hydrogens (tertiary/aromatic N) is 1. The number of fused-ring (bicyclic) bond motifs is 1. The van der Waals surface area contributed by atoms with E-state index in [1.807, 2.05) is 25.1 Å². The van der Waals surface area contributed by atoms with Gasteiger partial charge in [-0.25, -0.2) is 0 Å². The molecule has 1 aliphatic rings. The van der Waals surface area contributed by atoms with E-state index in [-0.39, 0.29) is 6.04 Å². The molecule has 3 heteroatoms. The van der Waals surface area contributed by atoms with Gasteiger partial charge in [0.05, 0.1) is 11.8 Å². The van der Waals surface area contributed by atoms with Gasteiger partial charge in [-0.3, -0.25) is 4.98 Å². The van der Waals surface area contributed by atoms with E-state index in [1.165, 1.54) is 24.0 Å². The van der Waals surface area contributed by atoms with E-state index >= 15 is 0 Å². The van der Waals surface area contributed by atoms with Gasteiger partial charge in [0.1, 0.15) is 0 Å². The summed E-state index contributed by atoms with van der Waals surface area (Å²) in [5.41, 5.74) is 4.85. The standard InChI is InChI=1S/C18H22N2O/c1-13(20-12-17-7-2-3-10-19-17)18(21)16-9-8-14-5-4-6-15(14)11-16/h2-3,7-11,13,18,20-21H,4-6,12H2,1H3. The van der Waals surface area contributed by atoms with Gasteiger partial charge in [0.25, 0.3) is 0 Å². The summed E-state index contributed by atoms with van der Waals surface area (Å²) in [7, 11) is 0. The molecule has 1 aromatic carbocycles. The highest BCUT2D eigenvalue weighted by atomic mass is 16.3. The number of nitrogens with one attached hydrogen (secondary N) is 1. The molecular weight excluding hydrogens is 260 g/mol. The van der Waals surface area contributed by atoms with Crippen molar-refractivity contribution in [2.75, 3.05) is 0 Å². The lowest BCUT2D eigenvalue weighted by atomic mass is 9.99. The zero-order valence-electron chi connectivity index (χ0n) is 12.4. The first-order valence-corrected chi connectivity index (χ1v) is 7.67. The van der Waals surface area contributed by atoms with Crippen LogP contribution < -0.4 is 5.32 Å². The Labute approximate surface area is 126 Å². The SMILES string of the molecule is CC(NCc1ccccn1)C(O)c1ccc2c(c1)CCC2. The van der Waals surface area contributed by atoms with Crippen LogP contribution in [0, 0.1) is 0 Å². The minimum absolute atomic E-state index is 0.00791. The lowest BCUT2D eigenvalue weighted by Gasteiger charge is -2.21. The predicted molar refractivity (Wildman–Crippen MR) is 84.0 cm³/mol. The fourth-order valence-electron chi connectivity index (χ4n) is 2.94. The smallest absolute Gasteiger partial charge is 0.0940 e. The normalized spacial score (nSPS) is 16.5. The molecule has 1 heterocycles. The van der Waals surface area contributed by atoms with Crippen molar-refractivity contribution in [2.45, 2.75) is 44.9 Å². The van der Waals surface area contributed by atoms with Crippen molar-refractivity contribution in [3.63, 3.8) is 0 Å². The summed E-state index contributed by atoms with van der Waals surface area (Å²) in [5, 5.41) is 13.9. The number of aliphatic hydroxyl groups is 1. The summed E-state index contributed by atoms with van der Waals surface area (Å²) >= 11 is 0. The zero-order valence-corrected chi connectivity index (χ0v) is 12.4. The minimum atomic E-state index is -0.486. The van der Waals surface area contributed by atoms with Crippen LogP contribution in [-0.4, -0.2) is 16.1 Å². The second-order valence-electron chi connectivity index (χ2n) is 5.82. The second-order valence-corrected chi connectivity index (χ2v) is 5.82. The molecule has 0 aliphatic heterocycles. The van der Waals surface area contributed by atoms with Gasteiger partial charge in [0, 0.05) is 18.8 Å². The summed E-state index contributed by atoms with van der Waals surface area (Å²) in [4.78, 5) is 4.29. The first-order chi connectivity index (χ1) is 10.2. The van der Waals surface area contributed by atoms with E-state index in [9.17, 15) is 5.11 Å². The molecule has 2 atom stereocenters. The van der Waals surface area contributed by atoms with E-state index in [0.717, 1.165) is 17.7 Å².